The van der Waals surface area contributed by atoms with Crippen LogP contribution in [0.15, 0.2) is 12.1 Å². The van der Waals surface area contributed by atoms with Crippen LogP contribution in [0, 0.1) is 5.41 Å². The maximum atomic E-state index is 6.30. The molecule has 1 N–H and O–H groups in total. The fourth-order valence-corrected chi connectivity index (χ4v) is 3.84. The monoisotopic (exact) mass is 333 g/mol. The standard InChI is InChI=1S/C16H22Cl3N/c1-3-16(8-4-5-9-16)10-20-11(2)12-6-7-13(17)15(19)14(12)18/h6-7,11,20H,3-5,8-10H2,1-2H3. The van der Waals surface area contributed by atoms with E-state index in [1.807, 2.05) is 12.1 Å². The summed E-state index contributed by atoms with van der Waals surface area (Å²) in [7, 11) is 0. The Morgan fingerprint density at radius 1 is 1.15 bits per heavy atom. The molecule has 1 saturated carbocycles. The van der Waals surface area contributed by atoms with Crippen LogP contribution < -0.4 is 5.32 Å². The quantitative estimate of drug-likeness (QED) is 0.626. The van der Waals surface area contributed by atoms with Crippen molar-refractivity contribution in [3.05, 3.63) is 32.8 Å². The Labute approximate surface area is 137 Å². The molecule has 0 saturated heterocycles. The number of nitrogens with one attached hydrogen (secondary N) is 1. The van der Waals surface area contributed by atoms with Gasteiger partial charge in [0, 0.05) is 12.6 Å². The zero-order valence-corrected chi connectivity index (χ0v) is 14.4. The average molecular weight is 335 g/mol. The van der Waals surface area contributed by atoms with Gasteiger partial charge in [-0.1, -0.05) is 60.6 Å². The van der Waals surface area contributed by atoms with Gasteiger partial charge < -0.3 is 5.32 Å². The Bertz CT molecular complexity index is 467. The van der Waals surface area contributed by atoms with E-state index in [1.54, 1.807) is 0 Å². The Balaban J connectivity index is 2.05. The topological polar surface area (TPSA) is 12.0 Å². The van der Waals surface area contributed by atoms with Gasteiger partial charge in [-0.05, 0) is 43.2 Å². The van der Waals surface area contributed by atoms with Gasteiger partial charge in [-0.2, -0.15) is 0 Å². The summed E-state index contributed by atoms with van der Waals surface area (Å²) in [5, 5.41) is 5.16. The molecule has 20 heavy (non-hydrogen) atoms. The first-order valence-corrected chi connectivity index (χ1v) is 8.49. The highest BCUT2D eigenvalue weighted by molar-refractivity contribution is 6.48. The molecule has 1 nitrogen and oxygen atoms in total. The molecule has 2 rings (SSSR count). The summed E-state index contributed by atoms with van der Waals surface area (Å²) < 4.78 is 0. The second kappa shape index (κ2) is 6.87. The SMILES string of the molecule is CCC1(CNC(C)c2ccc(Cl)c(Cl)c2Cl)CCCC1. The predicted molar refractivity (Wildman–Crippen MR) is 89.1 cm³/mol. The molecule has 0 aliphatic heterocycles. The van der Waals surface area contributed by atoms with Crippen molar-refractivity contribution in [2.75, 3.05) is 6.54 Å². The highest BCUT2D eigenvalue weighted by atomic mass is 35.5. The Hall–Kier alpha value is 0.0500. The number of halogens is 3. The Morgan fingerprint density at radius 3 is 2.40 bits per heavy atom. The van der Waals surface area contributed by atoms with Gasteiger partial charge in [0.15, 0.2) is 0 Å². The van der Waals surface area contributed by atoms with Crippen molar-refractivity contribution in [1.82, 2.24) is 5.32 Å². The molecular formula is C16H22Cl3N. The smallest absolute Gasteiger partial charge is 0.0781 e. The molecule has 0 bridgehead atoms. The van der Waals surface area contributed by atoms with Crippen LogP contribution in [0.2, 0.25) is 15.1 Å². The maximum absolute atomic E-state index is 6.30. The first-order valence-electron chi connectivity index (χ1n) is 7.36. The highest BCUT2D eigenvalue weighted by Gasteiger charge is 2.32. The van der Waals surface area contributed by atoms with Gasteiger partial charge in [0.05, 0.1) is 15.1 Å². The third-order valence-corrected chi connectivity index (χ3v) is 6.04. The Kier molecular flexibility index (Phi) is 5.64. The molecular weight excluding hydrogens is 313 g/mol. The van der Waals surface area contributed by atoms with Crippen molar-refractivity contribution < 1.29 is 0 Å². The van der Waals surface area contributed by atoms with Gasteiger partial charge in [-0.15, -0.1) is 0 Å². The van der Waals surface area contributed by atoms with Gasteiger partial charge in [-0.3, -0.25) is 0 Å². The van der Waals surface area contributed by atoms with Crippen molar-refractivity contribution in [2.24, 2.45) is 5.41 Å². The molecule has 0 aromatic heterocycles. The molecule has 1 aliphatic rings. The first kappa shape index (κ1) is 16.4. The number of benzene rings is 1. The second-order valence-corrected chi connectivity index (χ2v) is 7.09. The second-order valence-electron chi connectivity index (χ2n) is 5.93. The minimum absolute atomic E-state index is 0.182. The van der Waals surface area contributed by atoms with E-state index in [0.717, 1.165) is 12.1 Å². The van der Waals surface area contributed by atoms with Crippen LogP contribution in [0.4, 0.5) is 0 Å². The summed E-state index contributed by atoms with van der Waals surface area (Å²) in [6.45, 7) is 5.47. The molecule has 0 amide bonds. The lowest BCUT2D eigenvalue weighted by Gasteiger charge is -2.30. The van der Waals surface area contributed by atoms with E-state index in [2.05, 4.69) is 19.2 Å². The zero-order valence-electron chi connectivity index (χ0n) is 12.1. The van der Waals surface area contributed by atoms with Crippen molar-refractivity contribution >= 4 is 34.8 Å². The Morgan fingerprint density at radius 2 is 1.80 bits per heavy atom. The van der Waals surface area contributed by atoms with Gasteiger partial charge in [0.1, 0.15) is 0 Å². The van der Waals surface area contributed by atoms with Crippen LogP contribution in [0.3, 0.4) is 0 Å². The molecule has 0 spiro atoms. The normalized spacial score (nSPS) is 19.2. The third-order valence-electron chi connectivity index (χ3n) is 4.73. The van der Waals surface area contributed by atoms with Gasteiger partial charge >= 0.3 is 0 Å². The van der Waals surface area contributed by atoms with Crippen LogP contribution in [0.1, 0.15) is 57.6 Å². The van der Waals surface area contributed by atoms with Gasteiger partial charge in [-0.25, -0.2) is 0 Å². The largest absolute Gasteiger partial charge is 0.310 e. The summed E-state index contributed by atoms with van der Waals surface area (Å²) in [6.07, 6.45) is 6.62. The lowest BCUT2D eigenvalue weighted by Crippen LogP contribution is -2.33. The van der Waals surface area contributed by atoms with Crippen LogP contribution in [0.5, 0.6) is 0 Å². The molecule has 1 unspecified atom stereocenters. The van der Waals surface area contributed by atoms with E-state index in [1.165, 1.54) is 32.1 Å². The van der Waals surface area contributed by atoms with E-state index in [9.17, 15) is 0 Å². The molecule has 1 aromatic rings. The van der Waals surface area contributed by atoms with Crippen molar-refractivity contribution in [2.45, 2.75) is 52.0 Å². The summed E-state index contributed by atoms with van der Waals surface area (Å²) in [5.41, 5.74) is 1.49. The zero-order chi connectivity index (χ0) is 14.8. The highest BCUT2D eigenvalue weighted by Crippen LogP contribution is 2.41. The van der Waals surface area contributed by atoms with Crippen LogP contribution in [0.25, 0.3) is 0 Å². The summed E-state index contributed by atoms with van der Waals surface area (Å²) in [4.78, 5) is 0. The van der Waals surface area contributed by atoms with Crippen molar-refractivity contribution in [1.29, 1.82) is 0 Å². The molecule has 112 valence electrons. The van der Waals surface area contributed by atoms with Gasteiger partial charge in [0.2, 0.25) is 0 Å². The predicted octanol–water partition coefficient (Wildman–Crippen LogP) is 6.27. The minimum atomic E-state index is 0.182. The first-order chi connectivity index (χ1) is 9.49. The number of rotatable bonds is 5. The molecule has 0 heterocycles. The molecule has 1 fully saturated rings. The average Bonchev–Trinajstić information content (AvgIpc) is 2.92. The van der Waals surface area contributed by atoms with E-state index in [4.69, 9.17) is 34.8 Å². The minimum Gasteiger partial charge on any atom is -0.310 e. The lowest BCUT2D eigenvalue weighted by molar-refractivity contribution is 0.259. The maximum Gasteiger partial charge on any atom is 0.0781 e. The molecule has 1 aliphatic carbocycles. The van der Waals surface area contributed by atoms with E-state index in [-0.39, 0.29) is 6.04 Å². The summed E-state index contributed by atoms with van der Waals surface area (Å²) >= 11 is 18.4. The summed E-state index contributed by atoms with van der Waals surface area (Å²) in [5.74, 6) is 0. The molecule has 0 radical (unpaired) electrons. The van der Waals surface area contributed by atoms with Crippen LogP contribution in [-0.4, -0.2) is 6.54 Å². The van der Waals surface area contributed by atoms with Crippen LogP contribution >= 0.6 is 34.8 Å². The lowest BCUT2D eigenvalue weighted by atomic mass is 9.83. The van der Waals surface area contributed by atoms with Crippen molar-refractivity contribution in [3.63, 3.8) is 0 Å². The van der Waals surface area contributed by atoms with Crippen LogP contribution in [-0.2, 0) is 0 Å². The fourth-order valence-electron chi connectivity index (χ4n) is 3.14. The van der Waals surface area contributed by atoms with Crippen molar-refractivity contribution in [3.8, 4) is 0 Å². The molecule has 1 atom stereocenters. The molecule has 4 heteroatoms. The van der Waals surface area contributed by atoms with E-state index < -0.39 is 0 Å². The van der Waals surface area contributed by atoms with E-state index >= 15 is 0 Å². The fraction of sp³-hybridized carbons (Fsp3) is 0.625. The number of hydrogen-bond acceptors (Lipinski definition) is 1. The third kappa shape index (κ3) is 3.44. The van der Waals surface area contributed by atoms with Gasteiger partial charge in [0.25, 0.3) is 0 Å². The van der Waals surface area contributed by atoms with E-state index in [0.29, 0.717) is 20.5 Å². The number of hydrogen-bond donors (Lipinski definition) is 1. The molecule has 1 aromatic carbocycles. The summed E-state index contributed by atoms with van der Waals surface area (Å²) in [6, 6.07) is 3.96.